The molecule has 0 radical (unpaired) electrons. The van der Waals surface area contributed by atoms with Gasteiger partial charge in [0.2, 0.25) is 0 Å². The largest absolute Gasteiger partial charge is 0.365 e. The molecule has 0 unspecified atom stereocenters. The van der Waals surface area contributed by atoms with E-state index in [0.717, 1.165) is 21.9 Å². The van der Waals surface area contributed by atoms with Gasteiger partial charge in [-0.05, 0) is 28.1 Å². The second kappa shape index (κ2) is 3.74. The Kier molecular flexibility index (Phi) is 2.03. The summed E-state index contributed by atoms with van der Waals surface area (Å²) < 4.78 is 1.84. The predicted molar refractivity (Wildman–Crippen MR) is 74.7 cm³/mol. The van der Waals surface area contributed by atoms with Gasteiger partial charge in [0.25, 0.3) is 5.65 Å². The first-order chi connectivity index (χ1) is 9.74. The number of fused-ring (bicyclic) bond motifs is 5. The maximum atomic E-state index is 10.9. The average Bonchev–Trinajstić information content (AvgIpc) is 2.85. The van der Waals surface area contributed by atoms with Crippen LogP contribution in [0.1, 0.15) is 0 Å². The van der Waals surface area contributed by atoms with Crippen molar-refractivity contribution in [1.29, 1.82) is 0 Å². The van der Waals surface area contributed by atoms with Crippen LogP contribution < -0.4 is 0 Å². The summed E-state index contributed by atoms with van der Waals surface area (Å²) in [6.45, 7) is 0. The number of nitro groups is 1. The van der Waals surface area contributed by atoms with Crippen LogP contribution in [0, 0.1) is 10.1 Å². The number of pyridine rings is 1. The third-order valence-corrected chi connectivity index (χ3v) is 3.32. The molecule has 0 aliphatic rings. The van der Waals surface area contributed by atoms with Crippen LogP contribution in [0.5, 0.6) is 0 Å². The molecule has 0 amide bonds. The van der Waals surface area contributed by atoms with Crippen LogP contribution in [0.3, 0.4) is 0 Å². The zero-order chi connectivity index (χ0) is 13.7. The summed E-state index contributed by atoms with van der Waals surface area (Å²) >= 11 is 0. The van der Waals surface area contributed by atoms with Crippen molar-refractivity contribution in [3.8, 4) is 0 Å². The lowest BCUT2D eigenvalue weighted by molar-refractivity contribution is -0.389. The topological polar surface area (TPSA) is 73.3 Å². The average molecular weight is 264 g/mol. The van der Waals surface area contributed by atoms with E-state index in [2.05, 4.69) is 9.97 Å². The summed E-state index contributed by atoms with van der Waals surface area (Å²) in [6, 6.07) is 12.8. The fraction of sp³-hybridized carbons (Fsp3) is 0. The Balaban J connectivity index is 2.25. The fourth-order valence-electron chi connectivity index (χ4n) is 2.42. The van der Waals surface area contributed by atoms with Gasteiger partial charge in [-0.2, -0.15) is 0 Å². The molecule has 6 heteroatoms. The highest BCUT2D eigenvalue weighted by molar-refractivity contribution is 5.91. The van der Waals surface area contributed by atoms with Crippen molar-refractivity contribution < 1.29 is 4.92 Å². The Labute approximate surface area is 112 Å². The van der Waals surface area contributed by atoms with Crippen molar-refractivity contribution in [1.82, 2.24) is 14.4 Å². The summed E-state index contributed by atoms with van der Waals surface area (Å²) in [7, 11) is 0. The Bertz CT molecular complexity index is 990. The molecule has 20 heavy (non-hydrogen) atoms. The first kappa shape index (κ1) is 10.9. The van der Waals surface area contributed by atoms with Crippen molar-refractivity contribution >= 4 is 33.4 Å². The van der Waals surface area contributed by atoms with Gasteiger partial charge in [-0.1, -0.05) is 18.2 Å². The van der Waals surface area contributed by atoms with Crippen LogP contribution in [-0.4, -0.2) is 19.3 Å². The van der Waals surface area contributed by atoms with E-state index in [0.29, 0.717) is 5.65 Å². The molecule has 3 heterocycles. The smallest absolute Gasteiger partial charge is 0.358 e. The van der Waals surface area contributed by atoms with Gasteiger partial charge in [0.1, 0.15) is 5.65 Å². The van der Waals surface area contributed by atoms with Crippen LogP contribution in [0.15, 0.2) is 48.7 Å². The lowest BCUT2D eigenvalue weighted by Crippen LogP contribution is -1.97. The summed E-state index contributed by atoms with van der Waals surface area (Å²) in [5, 5.41) is 12.7. The first-order valence-electron chi connectivity index (χ1n) is 6.04. The van der Waals surface area contributed by atoms with E-state index in [1.54, 1.807) is 12.3 Å². The molecule has 4 aromatic rings. The zero-order valence-electron chi connectivity index (χ0n) is 10.2. The van der Waals surface area contributed by atoms with Crippen LogP contribution in [-0.2, 0) is 0 Å². The number of nitrogens with zero attached hydrogens (tertiary/aromatic N) is 4. The Morgan fingerprint density at radius 3 is 2.80 bits per heavy atom. The third kappa shape index (κ3) is 1.38. The Morgan fingerprint density at radius 1 is 1.10 bits per heavy atom. The minimum atomic E-state index is -0.489. The summed E-state index contributed by atoms with van der Waals surface area (Å²) in [5.41, 5.74) is 2.21. The maximum absolute atomic E-state index is 10.9. The molecule has 0 saturated heterocycles. The minimum absolute atomic E-state index is 0.164. The van der Waals surface area contributed by atoms with Gasteiger partial charge in [-0.25, -0.2) is 4.98 Å². The molecule has 0 spiro atoms. The van der Waals surface area contributed by atoms with Gasteiger partial charge in [0.15, 0.2) is 0 Å². The van der Waals surface area contributed by atoms with Gasteiger partial charge >= 0.3 is 5.82 Å². The number of hydrogen-bond acceptors (Lipinski definition) is 4. The van der Waals surface area contributed by atoms with E-state index < -0.39 is 4.92 Å². The van der Waals surface area contributed by atoms with Crippen molar-refractivity contribution in [3.63, 3.8) is 0 Å². The second-order valence-electron chi connectivity index (χ2n) is 4.49. The SMILES string of the molecule is O=[N+]([O-])c1ccc2cnc3cc4ccccc4n3c2n1. The lowest BCUT2D eigenvalue weighted by atomic mass is 10.2. The molecule has 0 bridgehead atoms. The minimum Gasteiger partial charge on any atom is -0.358 e. The molecule has 6 nitrogen and oxygen atoms in total. The Hall–Kier alpha value is -3.02. The Morgan fingerprint density at radius 2 is 1.95 bits per heavy atom. The highest BCUT2D eigenvalue weighted by Gasteiger charge is 2.14. The standard InChI is InChI=1S/C14H8N4O2/c19-18(20)12-6-5-10-8-15-13-7-9-3-1-2-4-11(9)17(13)14(10)16-12/h1-8H. The molecule has 0 fully saturated rings. The molecular formula is C14H8N4O2. The van der Waals surface area contributed by atoms with Gasteiger partial charge in [0, 0.05) is 17.6 Å². The summed E-state index contributed by atoms with van der Waals surface area (Å²) in [6.07, 6.45) is 1.68. The zero-order valence-corrected chi connectivity index (χ0v) is 10.2. The van der Waals surface area contributed by atoms with E-state index in [1.165, 1.54) is 6.07 Å². The first-order valence-corrected chi connectivity index (χ1v) is 6.04. The van der Waals surface area contributed by atoms with Crippen molar-refractivity contribution in [2.75, 3.05) is 0 Å². The van der Waals surface area contributed by atoms with Crippen LogP contribution in [0.2, 0.25) is 0 Å². The predicted octanol–water partition coefficient (Wildman–Crippen LogP) is 2.94. The van der Waals surface area contributed by atoms with Gasteiger partial charge < -0.3 is 10.1 Å². The maximum Gasteiger partial charge on any atom is 0.365 e. The van der Waals surface area contributed by atoms with E-state index in [1.807, 2.05) is 34.7 Å². The van der Waals surface area contributed by atoms with E-state index in [-0.39, 0.29) is 5.82 Å². The molecule has 0 aliphatic heterocycles. The monoisotopic (exact) mass is 264 g/mol. The molecule has 96 valence electrons. The number of para-hydroxylation sites is 1. The molecule has 0 N–H and O–H groups in total. The number of hydrogen-bond donors (Lipinski definition) is 0. The molecule has 4 rings (SSSR count). The normalized spacial score (nSPS) is 11.4. The van der Waals surface area contributed by atoms with Gasteiger partial charge in [-0.15, -0.1) is 0 Å². The van der Waals surface area contributed by atoms with Crippen molar-refractivity contribution in [2.45, 2.75) is 0 Å². The van der Waals surface area contributed by atoms with E-state index >= 15 is 0 Å². The molecular weight excluding hydrogens is 256 g/mol. The number of aromatic nitrogens is 3. The fourth-order valence-corrected chi connectivity index (χ4v) is 2.42. The molecule has 1 aromatic carbocycles. The quantitative estimate of drug-likeness (QED) is 0.391. The van der Waals surface area contributed by atoms with Crippen LogP contribution in [0.25, 0.3) is 27.6 Å². The van der Waals surface area contributed by atoms with Crippen LogP contribution in [0.4, 0.5) is 5.82 Å². The second-order valence-corrected chi connectivity index (χ2v) is 4.49. The van der Waals surface area contributed by atoms with Gasteiger partial charge in [0.05, 0.1) is 10.9 Å². The van der Waals surface area contributed by atoms with Gasteiger partial charge in [-0.3, -0.25) is 4.40 Å². The number of benzene rings is 1. The molecule has 3 aromatic heterocycles. The van der Waals surface area contributed by atoms with Crippen molar-refractivity contribution in [3.05, 3.63) is 58.8 Å². The number of rotatable bonds is 1. The van der Waals surface area contributed by atoms with Crippen molar-refractivity contribution in [2.24, 2.45) is 0 Å². The highest BCUT2D eigenvalue weighted by Crippen LogP contribution is 2.24. The van der Waals surface area contributed by atoms with Crippen LogP contribution >= 0.6 is 0 Å². The molecule has 0 aliphatic carbocycles. The lowest BCUT2D eigenvalue weighted by Gasteiger charge is -1.99. The van der Waals surface area contributed by atoms with E-state index in [4.69, 9.17) is 0 Å². The third-order valence-electron chi connectivity index (χ3n) is 3.32. The highest BCUT2D eigenvalue weighted by atomic mass is 16.6. The molecule has 0 atom stereocenters. The van der Waals surface area contributed by atoms with E-state index in [9.17, 15) is 10.1 Å². The summed E-state index contributed by atoms with van der Waals surface area (Å²) in [4.78, 5) is 18.9. The summed E-state index contributed by atoms with van der Waals surface area (Å²) in [5.74, 6) is -0.164. The molecule has 0 saturated carbocycles.